The van der Waals surface area contributed by atoms with Crippen LogP contribution in [0.4, 0.5) is 5.69 Å². The van der Waals surface area contributed by atoms with E-state index in [-0.39, 0.29) is 31.0 Å². The van der Waals surface area contributed by atoms with Crippen molar-refractivity contribution in [3.8, 4) is 6.07 Å². The van der Waals surface area contributed by atoms with Crippen molar-refractivity contribution >= 4 is 45.9 Å². The number of amides is 1. The molecule has 1 atom stereocenters. The highest BCUT2D eigenvalue weighted by atomic mass is 35.5. The molecule has 0 saturated heterocycles. The summed E-state index contributed by atoms with van der Waals surface area (Å²) in [6.45, 7) is 2.30. The number of rotatable bonds is 8. The quantitative estimate of drug-likeness (QED) is 0.234. The average molecular weight is 503 g/mol. The van der Waals surface area contributed by atoms with Crippen LogP contribution in [-0.4, -0.2) is 27.3 Å². The molecule has 8 heteroatoms. The van der Waals surface area contributed by atoms with Crippen LogP contribution in [0.15, 0.2) is 88.8 Å². The number of para-hydroxylation sites is 2. The minimum absolute atomic E-state index is 0.164. The van der Waals surface area contributed by atoms with E-state index in [1.54, 1.807) is 40.7 Å². The number of halogens is 1. The highest BCUT2D eigenvalue weighted by Gasteiger charge is 2.25. The van der Waals surface area contributed by atoms with Crippen molar-refractivity contribution < 1.29 is 4.79 Å². The third-order valence-corrected chi connectivity index (χ3v) is 6.97. The van der Waals surface area contributed by atoms with E-state index in [2.05, 4.69) is 6.07 Å². The lowest BCUT2D eigenvalue weighted by atomic mass is 10.2. The lowest BCUT2D eigenvalue weighted by Crippen LogP contribution is -2.37. The fourth-order valence-corrected chi connectivity index (χ4v) is 4.90. The van der Waals surface area contributed by atoms with Gasteiger partial charge in [0.2, 0.25) is 5.91 Å². The SMILES string of the molecule is C[C@@H](Sc1nc2ccccc2c(=O)n1Cc1ccccc1Cl)C(=O)N(CCC#N)c1ccccc1. The molecule has 0 aliphatic rings. The van der Waals surface area contributed by atoms with Crippen LogP contribution in [0.3, 0.4) is 0 Å². The van der Waals surface area contributed by atoms with Crippen LogP contribution in [0.2, 0.25) is 5.02 Å². The molecule has 1 amide bonds. The zero-order valence-electron chi connectivity index (χ0n) is 19.1. The van der Waals surface area contributed by atoms with Crippen molar-refractivity contribution in [1.29, 1.82) is 5.26 Å². The highest BCUT2D eigenvalue weighted by Crippen LogP contribution is 2.27. The molecule has 0 fully saturated rings. The maximum absolute atomic E-state index is 13.5. The molecule has 176 valence electrons. The summed E-state index contributed by atoms with van der Waals surface area (Å²) in [6, 6.07) is 25.9. The highest BCUT2D eigenvalue weighted by molar-refractivity contribution is 8.00. The van der Waals surface area contributed by atoms with E-state index in [0.717, 1.165) is 11.3 Å². The number of nitrogens with zero attached hydrogens (tertiary/aromatic N) is 4. The van der Waals surface area contributed by atoms with Gasteiger partial charge in [-0.3, -0.25) is 14.2 Å². The number of fused-ring (bicyclic) bond motifs is 1. The molecule has 4 rings (SSSR count). The van der Waals surface area contributed by atoms with E-state index in [1.807, 2.05) is 54.6 Å². The summed E-state index contributed by atoms with van der Waals surface area (Å²) in [5, 5.41) is 10.0. The molecule has 0 radical (unpaired) electrons. The molecular weight excluding hydrogens is 480 g/mol. The van der Waals surface area contributed by atoms with E-state index >= 15 is 0 Å². The van der Waals surface area contributed by atoms with Crippen LogP contribution in [0, 0.1) is 11.3 Å². The number of carbonyl (C=O) groups excluding carboxylic acids is 1. The Balaban J connectivity index is 1.71. The third kappa shape index (κ3) is 5.56. The van der Waals surface area contributed by atoms with Crippen LogP contribution in [0.25, 0.3) is 10.9 Å². The second-order valence-corrected chi connectivity index (χ2v) is 9.60. The topological polar surface area (TPSA) is 79.0 Å². The minimum atomic E-state index is -0.556. The number of benzene rings is 3. The van der Waals surface area contributed by atoms with E-state index in [1.165, 1.54) is 11.8 Å². The lowest BCUT2D eigenvalue weighted by Gasteiger charge is -2.25. The average Bonchev–Trinajstić information content (AvgIpc) is 2.88. The molecule has 0 saturated carbocycles. The largest absolute Gasteiger partial charge is 0.310 e. The van der Waals surface area contributed by atoms with Crippen molar-refractivity contribution in [2.45, 2.75) is 30.3 Å². The second-order valence-electron chi connectivity index (χ2n) is 7.89. The predicted molar refractivity (Wildman–Crippen MR) is 141 cm³/mol. The maximum atomic E-state index is 13.5. The zero-order valence-corrected chi connectivity index (χ0v) is 20.7. The molecular formula is C27H23ClN4O2S. The Morgan fingerprint density at radius 3 is 2.51 bits per heavy atom. The molecule has 1 heterocycles. The number of anilines is 1. The molecule has 0 unspecified atom stereocenters. The summed E-state index contributed by atoms with van der Waals surface area (Å²) in [5.74, 6) is -0.164. The summed E-state index contributed by atoms with van der Waals surface area (Å²) in [5.41, 5.74) is 1.88. The first-order valence-electron chi connectivity index (χ1n) is 11.1. The van der Waals surface area contributed by atoms with Gasteiger partial charge in [-0.1, -0.05) is 71.9 Å². The summed E-state index contributed by atoms with van der Waals surface area (Å²) >= 11 is 7.60. The van der Waals surface area contributed by atoms with Crippen molar-refractivity contribution in [2.24, 2.45) is 0 Å². The minimum Gasteiger partial charge on any atom is -0.310 e. The molecule has 0 spiro atoms. The molecule has 0 bridgehead atoms. The molecule has 0 aliphatic heterocycles. The zero-order chi connectivity index (χ0) is 24.8. The van der Waals surface area contributed by atoms with Crippen molar-refractivity contribution in [1.82, 2.24) is 9.55 Å². The molecule has 35 heavy (non-hydrogen) atoms. The second kappa shape index (κ2) is 11.2. The summed E-state index contributed by atoms with van der Waals surface area (Å²) in [7, 11) is 0. The van der Waals surface area contributed by atoms with Gasteiger partial charge in [0.1, 0.15) is 0 Å². The number of carbonyl (C=O) groups is 1. The lowest BCUT2D eigenvalue weighted by molar-refractivity contribution is -0.117. The molecule has 0 aliphatic carbocycles. The van der Waals surface area contributed by atoms with Gasteiger partial charge in [-0.2, -0.15) is 5.26 Å². The van der Waals surface area contributed by atoms with E-state index in [9.17, 15) is 9.59 Å². The van der Waals surface area contributed by atoms with Gasteiger partial charge in [-0.15, -0.1) is 0 Å². The molecule has 4 aromatic rings. The van der Waals surface area contributed by atoms with Crippen molar-refractivity contribution in [2.75, 3.05) is 11.4 Å². The van der Waals surface area contributed by atoms with Gasteiger partial charge in [-0.25, -0.2) is 4.98 Å². The predicted octanol–water partition coefficient (Wildman–Crippen LogP) is 5.53. The van der Waals surface area contributed by atoms with Gasteiger partial charge < -0.3 is 4.90 Å². The molecule has 1 aromatic heterocycles. The molecule has 6 nitrogen and oxygen atoms in total. The normalized spacial score (nSPS) is 11.7. The number of hydrogen-bond donors (Lipinski definition) is 0. The van der Waals surface area contributed by atoms with Crippen LogP contribution in [0.5, 0.6) is 0 Å². The standard InChI is InChI=1S/C27H23ClN4O2S/c1-19(25(33)31(17-9-16-29)21-11-3-2-4-12-21)35-27-30-24-15-8-6-13-22(24)26(34)32(27)18-20-10-5-7-14-23(20)28/h2-8,10-15,19H,9,17-18H2,1H3/t19-/m1/s1. The maximum Gasteiger partial charge on any atom is 0.262 e. The Labute approximate surface area is 212 Å². The number of aromatic nitrogens is 2. The first-order valence-corrected chi connectivity index (χ1v) is 12.4. The van der Waals surface area contributed by atoms with Gasteiger partial charge in [-0.05, 0) is 42.8 Å². The number of nitriles is 1. The molecule has 0 N–H and O–H groups in total. The van der Waals surface area contributed by atoms with E-state index in [4.69, 9.17) is 21.8 Å². The van der Waals surface area contributed by atoms with Gasteiger partial charge in [0.05, 0.1) is 35.2 Å². The van der Waals surface area contributed by atoms with Gasteiger partial charge in [0, 0.05) is 17.3 Å². The first kappa shape index (κ1) is 24.5. The summed E-state index contributed by atoms with van der Waals surface area (Å²) in [6.07, 6.45) is 0.212. The van der Waals surface area contributed by atoms with Gasteiger partial charge in [0.15, 0.2) is 5.16 Å². The van der Waals surface area contributed by atoms with Crippen LogP contribution in [-0.2, 0) is 11.3 Å². The Morgan fingerprint density at radius 2 is 1.77 bits per heavy atom. The first-order chi connectivity index (χ1) is 17.0. The number of hydrogen-bond acceptors (Lipinski definition) is 5. The van der Waals surface area contributed by atoms with Gasteiger partial charge >= 0.3 is 0 Å². The Hall–Kier alpha value is -3.60. The fourth-order valence-electron chi connectivity index (χ4n) is 3.74. The van der Waals surface area contributed by atoms with Crippen molar-refractivity contribution in [3.63, 3.8) is 0 Å². The fraction of sp³-hybridized carbons (Fsp3) is 0.185. The Morgan fingerprint density at radius 1 is 1.09 bits per heavy atom. The van der Waals surface area contributed by atoms with Crippen LogP contribution >= 0.6 is 23.4 Å². The third-order valence-electron chi connectivity index (χ3n) is 5.52. The monoisotopic (exact) mass is 502 g/mol. The Kier molecular flexibility index (Phi) is 7.86. The molecule has 3 aromatic carbocycles. The smallest absolute Gasteiger partial charge is 0.262 e. The Bertz CT molecular complexity index is 1450. The van der Waals surface area contributed by atoms with E-state index in [0.29, 0.717) is 21.1 Å². The summed E-state index contributed by atoms with van der Waals surface area (Å²) < 4.78 is 1.57. The van der Waals surface area contributed by atoms with Gasteiger partial charge in [0.25, 0.3) is 5.56 Å². The number of thioether (sulfide) groups is 1. The van der Waals surface area contributed by atoms with E-state index < -0.39 is 5.25 Å². The summed E-state index contributed by atoms with van der Waals surface area (Å²) in [4.78, 5) is 33.3. The van der Waals surface area contributed by atoms with Crippen LogP contribution in [0.1, 0.15) is 18.9 Å². The van der Waals surface area contributed by atoms with Crippen molar-refractivity contribution in [3.05, 3.63) is 99.8 Å². The van der Waals surface area contributed by atoms with Crippen LogP contribution < -0.4 is 10.5 Å².